The second-order valence-electron chi connectivity index (χ2n) is 11.9. The second-order valence-corrected chi connectivity index (χ2v) is 11.9. The molecular weight excluding hydrogens is 424 g/mol. The summed E-state index contributed by atoms with van der Waals surface area (Å²) >= 11 is 0. The van der Waals surface area contributed by atoms with E-state index in [1.54, 1.807) is 0 Å². The quantitative estimate of drug-likeness (QED) is 0.354. The Labute approximate surface area is 212 Å². The predicted molar refractivity (Wildman–Crippen MR) is 148 cm³/mol. The van der Waals surface area contributed by atoms with Crippen LogP contribution in [0.25, 0.3) is 16.7 Å². The van der Waals surface area contributed by atoms with Crippen LogP contribution in [-0.2, 0) is 11.2 Å². The molecule has 0 bridgehead atoms. The normalized spacial score (nSPS) is 24.0. The molecule has 2 aromatic carbocycles. The van der Waals surface area contributed by atoms with Crippen LogP contribution in [0.5, 0.6) is 0 Å². The fraction of sp³-hybridized carbons (Fsp3) is 0.500. The van der Waals surface area contributed by atoms with Crippen molar-refractivity contribution >= 4 is 11.4 Å². The summed E-state index contributed by atoms with van der Waals surface area (Å²) in [6, 6.07) is 18.0. The summed E-state index contributed by atoms with van der Waals surface area (Å²) in [7, 11) is 0. The Morgan fingerprint density at radius 2 is 1.46 bits per heavy atom. The molecule has 184 valence electrons. The van der Waals surface area contributed by atoms with E-state index in [-0.39, 0.29) is 11.3 Å². The van der Waals surface area contributed by atoms with Gasteiger partial charge in [0.05, 0.1) is 0 Å². The van der Waals surface area contributed by atoms with Gasteiger partial charge in [0, 0.05) is 11.3 Å². The van der Waals surface area contributed by atoms with E-state index in [0.717, 1.165) is 44.9 Å². The minimum Gasteiger partial charge on any atom is -0.299 e. The van der Waals surface area contributed by atoms with E-state index in [2.05, 4.69) is 68.6 Å². The van der Waals surface area contributed by atoms with Crippen LogP contribution in [-0.4, -0.2) is 5.78 Å². The van der Waals surface area contributed by atoms with Gasteiger partial charge in [0.25, 0.3) is 0 Å². The lowest BCUT2D eigenvalue weighted by Crippen LogP contribution is -2.27. The molecule has 0 aliphatic heterocycles. The number of benzene rings is 2. The third-order valence-corrected chi connectivity index (χ3v) is 9.32. The first-order chi connectivity index (χ1) is 16.9. The molecule has 1 nitrogen and oxygen atoms in total. The number of hydrogen-bond donors (Lipinski definition) is 0. The van der Waals surface area contributed by atoms with Crippen molar-refractivity contribution < 1.29 is 4.79 Å². The number of carbonyl (C=O) groups is 1. The van der Waals surface area contributed by atoms with Crippen LogP contribution in [0.2, 0.25) is 0 Å². The summed E-state index contributed by atoms with van der Waals surface area (Å²) in [4.78, 5) is 12.7. The Hall–Kier alpha value is -2.41. The molecule has 0 spiro atoms. The van der Waals surface area contributed by atoms with Gasteiger partial charge in [0.2, 0.25) is 0 Å². The minimum absolute atomic E-state index is 0.0186. The van der Waals surface area contributed by atoms with E-state index in [4.69, 9.17) is 0 Å². The van der Waals surface area contributed by atoms with Gasteiger partial charge in [-0.25, -0.2) is 0 Å². The Morgan fingerprint density at radius 3 is 2.11 bits per heavy atom. The maximum Gasteiger partial charge on any atom is 0.141 e. The van der Waals surface area contributed by atoms with Crippen LogP contribution in [0, 0.1) is 23.2 Å². The van der Waals surface area contributed by atoms with Crippen molar-refractivity contribution in [2.45, 2.75) is 84.0 Å². The standard InChI is InChI=1S/C34H42O/c1-24(27-9-5-4-6-10-27)22-26-8-7-11-32(23-26)30-16-12-28(13-17-30)25(2)29-14-18-31(19-15-29)33(35)34(3)20-21-34/h7-8,11-13,16-17,23,27,29,31H,1-2,4-6,9-10,14-15,18-22H2,3H3. The first-order valence-electron chi connectivity index (χ1n) is 14.0. The number of rotatable bonds is 8. The van der Waals surface area contributed by atoms with Crippen LogP contribution in [0.4, 0.5) is 0 Å². The Bertz CT molecular complexity index is 1070. The van der Waals surface area contributed by atoms with Gasteiger partial charge in [-0.1, -0.05) is 93.4 Å². The Kier molecular flexibility index (Phi) is 7.14. The molecule has 5 rings (SSSR count). The third-order valence-electron chi connectivity index (χ3n) is 9.32. The number of allylic oxidation sites excluding steroid dienone is 2. The molecule has 0 radical (unpaired) electrons. The van der Waals surface area contributed by atoms with Crippen molar-refractivity contribution in [1.29, 1.82) is 0 Å². The maximum absolute atomic E-state index is 12.7. The summed E-state index contributed by atoms with van der Waals surface area (Å²) in [6.07, 6.45) is 14.2. The van der Waals surface area contributed by atoms with E-state index >= 15 is 0 Å². The molecule has 0 unspecified atom stereocenters. The summed E-state index contributed by atoms with van der Waals surface area (Å²) in [6.45, 7) is 11.1. The van der Waals surface area contributed by atoms with Crippen molar-refractivity contribution in [2.75, 3.05) is 0 Å². The monoisotopic (exact) mass is 466 g/mol. The summed E-state index contributed by atoms with van der Waals surface area (Å²) in [5, 5.41) is 0. The van der Waals surface area contributed by atoms with Crippen molar-refractivity contribution in [3.8, 4) is 11.1 Å². The largest absolute Gasteiger partial charge is 0.299 e. The van der Waals surface area contributed by atoms with Gasteiger partial charge >= 0.3 is 0 Å². The molecule has 3 aliphatic rings. The zero-order valence-corrected chi connectivity index (χ0v) is 21.7. The van der Waals surface area contributed by atoms with Crippen LogP contribution >= 0.6 is 0 Å². The fourth-order valence-electron chi connectivity index (χ4n) is 6.52. The number of Topliss-reactive ketones (excluding diaryl/α,β-unsaturated/α-hetero) is 1. The van der Waals surface area contributed by atoms with Gasteiger partial charge in [-0.3, -0.25) is 4.79 Å². The zero-order valence-electron chi connectivity index (χ0n) is 21.7. The van der Waals surface area contributed by atoms with Gasteiger partial charge in [0.15, 0.2) is 0 Å². The van der Waals surface area contributed by atoms with E-state index in [1.165, 1.54) is 65.5 Å². The molecule has 0 saturated heterocycles. The molecule has 0 amide bonds. The smallest absolute Gasteiger partial charge is 0.141 e. The Morgan fingerprint density at radius 1 is 0.800 bits per heavy atom. The highest BCUT2D eigenvalue weighted by Gasteiger charge is 2.47. The Balaban J connectivity index is 1.19. The highest BCUT2D eigenvalue weighted by molar-refractivity contribution is 5.89. The van der Waals surface area contributed by atoms with Crippen molar-refractivity contribution in [3.63, 3.8) is 0 Å². The van der Waals surface area contributed by atoms with Gasteiger partial charge in [-0.15, -0.1) is 0 Å². The lowest BCUT2D eigenvalue weighted by molar-refractivity contribution is -0.128. The van der Waals surface area contributed by atoms with Crippen molar-refractivity contribution in [3.05, 3.63) is 78.4 Å². The number of hydrogen-bond acceptors (Lipinski definition) is 1. The van der Waals surface area contributed by atoms with Gasteiger partial charge in [-0.05, 0) is 97.5 Å². The lowest BCUT2D eigenvalue weighted by Gasteiger charge is -2.30. The highest BCUT2D eigenvalue weighted by Crippen LogP contribution is 2.50. The van der Waals surface area contributed by atoms with Crippen LogP contribution < -0.4 is 0 Å². The molecule has 2 aromatic rings. The van der Waals surface area contributed by atoms with Crippen LogP contribution in [0.3, 0.4) is 0 Å². The van der Waals surface area contributed by atoms with Crippen LogP contribution in [0.1, 0.15) is 88.7 Å². The molecule has 0 atom stereocenters. The van der Waals surface area contributed by atoms with E-state index in [0.29, 0.717) is 17.6 Å². The molecule has 3 saturated carbocycles. The van der Waals surface area contributed by atoms with Gasteiger partial charge in [-0.2, -0.15) is 0 Å². The minimum atomic E-state index is 0.0186. The molecule has 3 aliphatic carbocycles. The van der Waals surface area contributed by atoms with E-state index < -0.39 is 0 Å². The topological polar surface area (TPSA) is 17.1 Å². The first-order valence-corrected chi connectivity index (χ1v) is 14.0. The van der Waals surface area contributed by atoms with Crippen molar-refractivity contribution in [1.82, 2.24) is 0 Å². The molecule has 0 aromatic heterocycles. The highest BCUT2D eigenvalue weighted by atomic mass is 16.1. The number of ketones is 1. The average Bonchev–Trinajstić information content (AvgIpc) is 3.67. The first kappa shape index (κ1) is 24.3. The molecule has 0 heterocycles. The average molecular weight is 467 g/mol. The van der Waals surface area contributed by atoms with Crippen LogP contribution in [0.15, 0.2) is 67.3 Å². The van der Waals surface area contributed by atoms with E-state index in [1.807, 2.05) is 0 Å². The van der Waals surface area contributed by atoms with Crippen molar-refractivity contribution in [2.24, 2.45) is 23.2 Å². The molecule has 3 fully saturated rings. The zero-order chi connectivity index (χ0) is 24.4. The third kappa shape index (κ3) is 5.55. The van der Waals surface area contributed by atoms with Gasteiger partial charge < -0.3 is 0 Å². The SMILES string of the molecule is C=C(Cc1cccc(-c2ccc(C(=C)C3CCC(C(=O)C4(C)CC4)CC3)cc2)c1)C1CCCCC1. The fourth-order valence-corrected chi connectivity index (χ4v) is 6.52. The molecule has 1 heteroatoms. The number of carbonyl (C=O) groups excluding carboxylic acids is 1. The van der Waals surface area contributed by atoms with Gasteiger partial charge in [0.1, 0.15) is 5.78 Å². The summed E-state index contributed by atoms with van der Waals surface area (Å²) in [5.41, 5.74) is 7.85. The maximum atomic E-state index is 12.7. The summed E-state index contributed by atoms with van der Waals surface area (Å²) in [5.74, 6) is 2.04. The molecule has 35 heavy (non-hydrogen) atoms. The molecule has 0 N–H and O–H groups in total. The lowest BCUT2D eigenvalue weighted by atomic mass is 9.73. The second kappa shape index (κ2) is 10.3. The predicted octanol–water partition coefficient (Wildman–Crippen LogP) is 9.22. The molecular formula is C34H42O. The summed E-state index contributed by atoms with van der Waals surface area (Å²) < 4.78 is 0. The van der Waals surface area contributed by atoms with E-state index in [9.17, 15) is 4.79 Å².